The Morgan fingerprint density at radius 2 is 1.78 bits per heavy atom. The smallest absolute Gasteiger partial charge is 0.410 e. The third-order valence-electron chi connectivity index (χ3n) is 8.00. The van der Waals surface area contributed by atoms with Crippen LogP contribution in [0.2, 0.25) is 5.02 Å². The van der Waals surface area contributed by atoms with E-state index in [1.54, 1.807) is 38.4 Å². The molecule has 1 fully saturated rings. The Kier molecular flexibility index (Phi) is 11.5. The van der Waals surface area contributed by atoms with Gasteiger partial charge in [0.05, 0.1) is 36.6 Å². The van der Waals surface area contributed by atoms with Gasteiger partial charge in [0.1, 0.15) is 23.8 Å². The normalized spacial score (nSPS) is 17.3. The number of hydrogen-bond donors (Lipinski definition) is 1. The summed E-state index contributed by atoms with van der Waals surface area (Å²) in [5.41, 5.74) is 0.187. The van der Waals surface area contributed by atoms with Crippen molar-refractivity contribution >= 4 is 46.1 Å². The van der Waals surface area contributed by atoms with Gasteiger partial charge >= 0.3 is 12.1 Å². The summed E-state index contributed by atoms with van der Waals surface area (Å²) in [5, 5.41) is 3.64. The molecule has 0 aliphatic heterocycles. The van der Waals surface area contributed by atoms with Gasteiger partial charge in [-0.3, -0.25) is 9.69 Å². The number of fused-ring (bicyclic) bond motifs is 1. The number of ether oxygens (including phenoxy) is 4. The Bertz CT molecular complexity index is 1530. The van der Waals surface area contributed by atoms with Crippen LogP contribution in [0.1, 0.15) is 46.5 Å². The first-order valence-electron chi connectivity index (χ1n) is 15.2. The van der Waals surface area contributed by atoms with E-state index in [0.717, 1.165) is 12.8 Å². The maximum absolute atomic E-state index is 14.6. The highest BCUT2D eigenvalue weighted by Crippen LogP contribution is 2.38. The first-order valence-corrected chi connectivity index (χ1v) is 15.6. The zero-order chi connectivity index (χ0) is 33.6. The summed E-state index contributed by atoms with van der Waals surface area (Å²) in [7, 11) is 6.50. The molecule has 4 rings (SSSR count). The fourth-order valence-electron chi connectivity index (χ4n) is 5.58. The number of amides is 1. The fourth-order valence-corrected chi connectivity index (χ4v) is 5.75. The number of likely N-dealkylation sites (N-methyl/N-ethyl adjacent to an activating group) is 2. The molecule has 11 nitrogen and oxygen atoms in total. The molecular formula is C33H43ClFN5O6. The summed E-state index contributed by atoms with van der Waals surface area (Å²) in [6.07, 6.45) is 3.72. The molecule has 2 aromatic carbocycles. The van der Waals surface area contributed by atoms with E-state index in [2.05, 4.69) is 15.3 Å². The van der Waals surface area contributed by atoms with E-state index in [9.17, 15) is 14.0 Å². The van der Waals surface area contributed by atoms with E-state index < -0.39 is 23.6 Å². The predicted molar refractivity (Wildman–Crippen MR) is 174 cm³/mol. The van der Waals surface area contributed by atoms with Crippen LogP contribution >= 0.6 is 11.6 Å². The minimum atomic E-state index is -0.591. The van der Waals surface area contributed by atoms with Crippen LogP contribution in [0.15, 0.2) is 36.7 Å². The molecule has 0 radical (unpaired) electrons. The highest BCUT2D eigenvalue weighted by atomic mass is 35.5. The van der Waals surface area contributed by atoms with Gasteiger partial charge in [-0.05, 0) is 77.6 Å². The number of nitrogens with one attached hydrogen (secondary N) is 1. The van der Waals surface area contributed by atoms with Crippen LogP contribution in [0, 0.1) is 11.7 Å². The lowest BCUT2D eigenvalue weighted by Crippen LogP contribution is -2.49. The van der Waals surface area contributed by atoms with Gasteiger partial charge in [-0.25, -0.2) is 19.2 Å². The van der Waals surface area contributed by atoms with Crippen molar-refractivity contribution < 1.29 is 32.9 Å². The largest absolute Gasteiger partial charge is 0.493 e. The van der Waals surface area contributed by atoms with E-state index in [1.165, 1.54) is 24.4 Å². The molecule has 3 aromatic rings. The second-order valence-electron chi connectivity index (χ2n) is 12.5. The van der Waals surface area contributed by atoms with Crippen molar-refractivity contribution in [3.05, 3.63) is 47.5 Å². The van der Waals surface area contributed by atoms with Crippen molar-refractivity contribution in [2.24, 2.45) is 5.92 Å². The minimum Gasteiger partial charge on any atom is -0.493 e. The maximum Gasteiger partial charge on any atom is 0.410 e. The first kappa shape index (κ1) is 35.0. The van der Waals surface area contributed by atoms with Crippen molar-refractivity contribution in [3.63, 3.8) is 0 Å². The number of benzene rings is 2. The van der Waals surface area contributed by atoms with E-state index in [1.807, 2.05) is 32.7 Å². The van der Waals surface area contributed by atoms with Crippen molar-refractivity contribution in [2.75, 3.05) is 46.7 Å². The number of methoxy groups -OCH3 is 2. The Morgan fingerprint density at radius 3 is 2.43 bits per heavy atom. The van der Waals surface area contributed by atoms with Gasteiger partial charge in [0.25, 0.3) is 0 Å². The molecule has 1 saturated carbocycles. The number of aromatic nitrogens is 2. The molecule has 0 bridgehead atoms. The molecule has 0 saturated heterocycles. The summed E-state index contributed by atoms with van der Waals surface area (Å²) < 4.78 is 37.4. The zero-order valence-electron chi connectivity index (χ0n) is 27.4. The summed E-state index contributed by atoms with van der Waals surface area (Å²) >= 11 is 5.97. The molecule has 250 valence electrons. The Balaban J connectivity index is 1.44. The number of nitrogens with zero attached hydrogens (tertiary/aromatic N) is 4. The van der Waals surface area contributed by atoms with Gasteiger partial charge in [-0.15, -0.1) is 0 Å². The SMILES string of the molecule is COC(=O)[C@H](C1CCC(Oc2cc3c(Nc4cccc(Cl)c4F)ncnc3cc2OC)CC1)N(C)CCN(C)C(=O)OC(C)(C)C. The number of hydrogen-bond acceptors (Lipinski definition) is 10. The summed E-state index contributed by atoms with van der Waals surface area (Å²) in [6.45, 7) is 6.33. The predicted octanol–water partition coefficient (Wildman–Crippen LogP) is 6.45. The molecule has 1 N–H and O–H groups in total. The molecule has 1 aliphatic rings. The van der Waals surface area contributed by atoms with Crippen molar-refractivity contribution in [1.82, 2.24) is 19.8 Å². The van der Waals surface area contributed by atoms with Crippen LogP contribution in [0.4, 0.5) is 20.7 Å². The zero-order valence-corrected chi connectivity index (χ0v) is 28.2. The van der Waals surface area contributed by atoms with E-state index in [4.69, 9.17) is 30.5 Å². The molecule has 1 amide bonds. The van der Waals surface area contributed by atoms with Gasteiger partial charge in [0.15, 0.2) is 17.3 Å². The second-order valence-corrected chi connectivity index (χ2v) is 12.9. The van der Waals surface area contributed by atoms with Gasteiger partial charge in [0.2, 0.25) is 0 Å². The summed E-state index contributed by atoms with van der Waals surface area (Å²) in [6, 6.07) is 7.78. The van der Waals surface area contributed by atoms with Gasteiger partial charge in [0, 0.05) is 31.6 Å². The van der Waals surface area contributed by atoms with Crippen molar-refractivity contribution in [2.45, 2.75) is 64.2 Å². The van der Waals surface area contributed by atoms with Crippen LogP contribution in [0.25, 0.3) is 10.9 Å². The molecule has 46 heavy (non-hydrogen) atoms. The lowest BCUT2D eigenvalue weighted by molar-refractivity contribution is -0.149. The van der Waals surface area contributed by atoms with Gasteiger partial charge < -0.3 is 29.2 Å². The Labute approximate surface area is 274 Å². The van der Waals surface area contributed by atoms with Crippen LogP contribution in [-0.2, 0) is 14.3 Å². The van der Waals surface area contributed by atoms with Crippen LogP contribution in [-0.4, -0.2) is 91.0 Å². The fraction of sp³-hybridized carbons (Fsp3) is 0.515. The average Bonchev–Trinajstić information content (AvgIpc) is 3.02. The number of rotatable bonds is 11. The Morgan fingerprint density at radius 1 is 1.07 bits per heavy atom. The maximum atomic E-state index is 14.6. The molecule has 13 heteroatoms. The first-order chi connectivity index (χ1) is 21.8. The highest BCUT2D eigenvalue weighted by molar-refractivity contribution is 6.31. The van der Waals surface area contributed by atoms with Crippen LogP contribution < -0.4 is 14.8 Å². The van der Waals surface area contributed by atoms with Gasteiger partial charge in [-0.1, -0.05) is 17.7 Å². The van der Waals surface area contributed by atoms with Gasteiger partial charge in [-0.2, -0.15) is 0 Å². The standard InChI is InChI=1S/C33H43ClFN5O6/c1-33(2,3)46-32(42)40(5)16-15-39(4)29(31(41)44-7)20-11-13-21(14-12-20)45-27-17-22-25(18-26(27)43-6)36-19-37-30(22)38-24-10-8-9-23(34)28(24)35/h8-10,17-21,29H,11-16H2,1-7H3,(H,36,37,38)/t20?,21?,29-/m0/s1. The van der Waals surface area contributed by atoms with Crippen LogP contribution in [0.3, 0.4) is 0 Å². The topological polar surface area (TPSA) is 115 Å². The van der Waals surface area contributed by atoms with Crippen molar-refractivity contribution in [3.8, 4) is 11.5 Å². The third kappa shape index (κ3) is 8.67. The van der Waals surface area contributed by atoms with Crippen molar-refractivity contribution in [1.29, 1.82) is 0 Å². The lowest BCUT2D eigenvalue weighted by atomic mass is 9.82. The molecule has 1 heterocycles. The minimum absolute atomic E-state index is 0.00146. The molecular weight excluding hydrogens is 617 g/mol. The molecule has 1 aliphatic carbocycles. The molecule has 1 aromatic heterocycles. The number of halogens is 2. The quantitative estimate of drug-likeness (QED) is 0.230. The van der Waals surface area contributed by atoms with E-state index in [0.29, 0.717) is 54.2 Å². The lowest BCUT2D eigenvalue weighted by Gasteiger charge is -2.37. The number of esters is 1. The number of carbonyl (C=O) groups is 2. The molecule has 0 unspecified atom stereocenters. The molecule has 1 atom stereocenters. The van der Waals surface area contributed by atoms with E-state index in [-0.39, 0.29) is 28.7 Å². The Hall–Kier alpha value is -3.90. The van der Waals surface area contributed by atoms with E-state index >= 15 is 0 Å². The monoisotopic (exact) mass is 659 g/mol. The second kappa shape index (κ2) is 15.1. The highest BCUT2D eigenvalue weighted by Gasteiger charge is 2.36. The third-order valence-corrected chi connectivity index (χ3v) is 8.29. The summed E-state index contributed by atoms with van der Waals surface area (Å²) in [5.74, 6) is 0.565. The summed E-state index contributed by atoms with van der Waals surface area (Å²) in [4.78, 5) is 37.5. The molecule has 0 spiro atoms. The van der Waals surface area contributed by atoms with Crippen LogP contribution in [0.5, 0.6) is 11.5 Å². The average molecular weight is 660 g/mol. The number of anilines is 2. The number of carbonyl (C=O) groups excluding carboxylic acids is 2.